The predicted octanol–water partition coefficient (Wildman–Crippen LogP) is 3.77. The summed E-state index contributed by atoms with van der Waals surface area (Å²) in [4.78, 5) is 35.3. The van der Waals surface area contributed by atoms with E-state index in [1.165, 1.54) is 0 Å². The van der Waals surface area contributed by atoms with Gasteiger partial charge in [0.05, 0.1) is 13.1 Å². The minimum Gasteiger partial charge on any atom is -0.448 e. The van der Waals surface area contributed by atoms with Gasteiger partial charge in [-0.15, -0.1) is 0 Å². The lowest BCUT2D eigenvalue weighted by Crippen LogP contribution is -2.38. The molecule has 1 aliphatic rings. The van der Waals surface area contributed by atoms with Crippen LogP contribution in [0.15, 0.2) is 48.5 Å². The molecule has 3 rings (SSSR count). The number of nitrogens with zero attached hydrogens (tertiary/aromatic N) is 1. The number of halogens is 2. The highest BCUT2D eigenvalue weighted by atomic mass is 35.5. The van der Waals surface area contributed by atoms with Crippen LogP contribution >= 0.6 is 23.2 Å². The number of ether oxygens (including phenoxy) is 1. The van der Waals surface area contributed by atoms with E-state index in [0.29, 0.717) is 0 Å². The summed E-state index contributed by atoms with van der Waals surface area (Å²) in [6.45, 7) is -0.816. The second-order valence-corrected chi connectivity index (χ2v) is 6.71. The van der Waals surface area contributed by atoms with Crippen LogP contribution < -0.4 is 0 Å². The molecule has 1 amide bonds. The summed E-state index contributed by atoms with van der Waals surface area (Å²) < 4.78 is 5.37. The molecular weight excluding hydrogens is 377 g/mol. The van der Waals surface area contributed by atoms with Crippen molar-refractivity contribution in [1.29, 1.82) is 0 Å². The standard InChI is InChI=1S/C19H15Cl2NO4/c20-17(23)9-22(10-18(21)24)19(25)26-11-16-14-7-3-1-5-12(14)13-6-2-4-8-15(13)16/h1-8,16H,9-11H2. The molecule has 7 heteroatoms. The van der Waals surface area contributed by atoms with Crippen molar-refractivity contribution in [2.24, 2.45) is 0 Å². The van der Waals surface area contributed by atoms with Crippen LogP contribution in [0.1, 0.15) is 17.0 Å². The predicted molar refractivity (Wildman–Crippen MR) is 98.4 cm³/mol. The summed E-state index contributed by atoms with van der Waals surface area (Å²) in [7, 11) is 0. The van der Waals surface area contributed by atoms with Gasteiger partial charge in [0.1, 0.15) is 6.61 Å². The molecule has 0 saturated carbocycles. The van der Waals surface area contributed by atoms with Crippen molar-refractivity contribution in [2.45, 2.75) is 5.92 Å². The number of amides is 1. The van der Waals surface area contributed by atoms with Crippen LogP contribution in [-0.4, -0.2) is 41.2 Å². The zero-order valence-corrected chi connectivity index (χ0v) is 15.2. The van der Waals surface area contributed by atoms with Crippen molar-refractivity contribution in [2.75, 3.05) is 19.7 Å². The van der Waals surface area contributed by atoms with E-state index < -0.39 is 29.7 Å². The van der Waals surface area contributed by atoms with Gasteiger partial charge in [-0.05, 0) is 45.5 Å². The van der Waals surface area contributed by atoms with E-state index >= 15 is 0 Å². The molecule has 134 valence electrons. The average molecular weight is 392 g/mol. The Labute approximate surface area is 160 Å². The lowest BCUT2D eigenvalue weighted by molar-refractivity contribution is -0.114. The van der Waals surface area contributed by atoms with E-state index in [2.05, 4.69) is 0 Å². The van der Waals surface area contributed by atoms with Crippen LogP contribution in [0.5, 0.6) is 0 Å². The summed E-state index contributed by atoms with van der Waals surface area (Å²) in [5, 5.41) is -1.56. The minimum atomic E-state index is -0.810. The van der Waals surface area contributed by atoms with E-state index in [4.69, 9.17) is 27.9 Å². The van der Waals surface area contributed by atoms with Crippen LogP contribution in [0, 0.1) is 0 Å². The van der Waals surface area contributed by atoms with Crippen molar-refractivity contribution in [3.63, 3.8) is 0 Å². The molecule has 0 radical (unpaired) electrons. The second kappa shape index (κ2) is 7.89. The monoisotopic (exact) mass is 391 g/mol. The van der Waals surface area contributed by atoms with Gasteiger partial charge in [0.25, 0.3) is 0 Å². The normalized spacial score (nSPS) is 12.2. The second-order valence-electron chi connectivity index (χ2n) is 5.87. The summed E-state index contributed by atoms with van der Waals surface area (Å²) in [6.07, 6.45) is -0.810. The van der Waals surface area contributed by atoms with E-state index in [0.717, 1.165) is 27.2 Å². The third-order valence-electron chi connectivity index (χ3n) is 4.22. The van der Waals surface area contributed by atoms with Crippen LogP contribution in [0.25, 0.3) is 11.1 Å². The van der Waals surface area contributed by atoms with Gasteiger partial charge in [-0.25, -0.2) is 4.79 Å². The Kier molecular flexibility index (Phi) is 5.59. The maximum atomic E-state index is 12.3. The fourth-order valence-electron chi connectivity index (χ4n) is 3.17. The average Bonchev–Trinajstić information content (AvgIpc) is 2.92. The molecular formula is C19H15Cl2NO4. The molecule has 0 heterocycles. The van der Waals surface area contributed by atoms with Gasteiger partial charge in [0, 0.05) is 5.92 Å². The van der Waals surface area contributed by atoms with Gasteiger partial charge in [0.15, 0.2) is 0 Å². The van der Waals surface area contributed by atoms with E-state index in [1.54, 1.807) is 0 Å². The van der Waals surface area contributed by atoms with Gasteiger partial charge >= 0.3 is 6.09 Å². The van der Waals surface area contributed by atoms with Gasteiger partial charge in [-0.2, -0.15) is 0 Å². The summed E-state index contributed by atoms with van der Waals surface area (Å²) in [5.74, 6) is -0.119. The quantitative estimate of drug-likeness (QED) is 0.703. The third-order valence-corrected chi connectivity index (χ3v) is 4.46. The van der Waals surface area contributed by atoms with Gasteiger partial charge in [-0.3, -0.25) is 14.5 Å². The SMILES string of the molecule is O=C(Cl)CN(CC(=O)Cl)C(=O)OCC1c2ccccc2-c2ccccc21. The topological polar surface area (TPSA) is 63.7 Å². The van der Waals surface area contributed by atoms with Crippen molar-refractivity contribution in [3.05, 3.63) is 59.7 Å². The first-order valence-corrected chi connectivity index (χ1v) is 8.69. The molecule has 0 bridgehead atoms. The molecule has 0 N–H and O–H groups in total. The van der Waals surface area contributed by atoms with Crippen LogP contribution in [0.4, 0.5) is 4.79 Å². The van der Waals surface area contributed by atoms with Crippen molar-refractivity contribution < 1.29 is 19.1 Å². The number of carbonyl (C=O) groups excluding carboxylic acids is 3. The molecule has 0 unspecified atom stereocenters. The minimum absolute atomic E-state index is 0.0797. The molecule has 0 fully saturated rings. The summed E-state index contributed by atoms with van der Waals surface area (Å²) >= 11 is 10.6. The zero-order chi connectivity index (χ0) is 18.7. The number of hydrogen-bond acceptors (Lipinski definition) is 4. The molecule has 2 aromatic rings. The molecule has 0 saturated heterocycles. The highest BCUT2D eigenvalue weighted by molar-refractivity contribution is 6.65. The Bertz CT molecular complexity index is 807. The number of fused-ring (bicyclic) bond motifs is 3. The Morgan fingerprint density at radius 1 is 0.846 bits per heavy atom. The molecule has 0 spiro atoms. The molecule has 0 aromatic heterocycles. The lowest BCUT2D eigenvalue weighted by Gasteiger charge is -2.20. The first kappa shape index (κ1) is 18.4. The molecule has 26 heavy (non-hydrogen) atoms. The highest BCUT2D eigenvalue weighted by Crippen LogP contribution is 2.44. The molecule has 2 aromatic carbocycles. The molecule has 0 atom stereocenters. The van der Waals surface area contributed by atoms with Crippen LogP contribution in [-0.2, 0) is 14.3 Å². The zero-order valence-electron chi connectivity index (χ0n) is 13.7. The Morgan fingerprint density at radius 2 is 1.31 bits per heavy atom. The fourth-order valence-corrected chi connectivity index (χ4v) is 3.46. The van der Waals surface area contributed by atoms with E-state index in [-0.39, 0.29) is 12.5 Å². The van der Waals surface area contributed by atoms with Crippen molar-refractivity contribution in [1.82, 2.24) is 4.90 Å². The molecule has 5 nitrogen and oxygen atoms in total. The number of hydrogen-bond donors (Lipinski definition) is 0. The van der Waals surface area contributed by atoms with Gasteiger partial charge in [0.2, 0.25) is 10.5 Å². The number of carbonyl (C=O) groups is 3. The summed E-state index contributed by atoms with van der Waals surface area (Å²) in [5.41, 5.74) is 4.34. The van der Waals surface area contributed by atoms with Crippen molar-refractivity contribution >= 4 is 39.8 Å². The molecule has 1 aliphatic carbocycles. The maximum Gasteiger partial charge on any atom is 0.410 e. The number of rotatable bonds is 6. The van der Waals surface area contributed by atoms with Crippen molar-refractivity contribution in [3.8, 4) is 11.1 Å². The Hall–Kier alpha value is -2.37. The maximum absolute atomic E-state index is 12.3. The Balaban J connectivity index is 1.77. The molecule has 0 aliphatic heterocycles. The van der Waals surface area contributed by atoms with E-state index in [9.17, 15) is 14.4 Å². The van der Waals surface area contributed by atoms with Crippen LogP contribution in [0.2, 0.25) is 0 Å². The summed E-state index contributed by atoms with van der Waals surface area (Å²) in [6, 6.07) is 15.8. The Morgan fingerprint density at radius 3 is 1.77 bits per heavy atom. The fraction of sp³-hybridized carbons (Fsp3) is 0.211. The highest BCUT2D eigenvalue weighted by Gasteiger charge is 2.30. The smallest absolute Gasteiger partial charge is 0.410 e. The third kappa shape index (κ3) is 3.89. The van der Waals surface area contributed by atoms with Gasteiger partial charge < -0.3 is 4.74 Å². The van der Waals surface area contributed by atoms with E-state index in [1.807, 2.05) is 48.5 Å². The number of benzene rings is 2. The first-order chi connectivity index (χ1) is 12.5. The van der Waals surface area contributed by atoms with Gasteiger partial charge in [-0.1, -0.05) is 48.5 Å². The first-order valence-electron chi connectivity index (χ1n) is 7.94. The van der Waals surface area contributed by atoms with Crippen LogP contribution in [0.3, 0.4) is 0 Å². The largest absolute Gasteiger partial charge is 0.448 e. The lowest BCUT2D eigenvalue weighted by atomic mass is 9.98.